The number of hydrogen-bond acceptors (Lipinski definition) is 3. The molecule has 0 aliphatic carbocycles. The number of hydrogen-bond donors (Lipinski definition) is 1. The molecule has 0 aliphatic rings. The minimum absolute atomic E-state index is 0.0610. The van der Waals surface area contributed by atoms with Crippen molar-refractivity contribution in [2.45, 2.75) is 0 Å². The fourth-order valence-corrected chi connectivity index (χ4v) is 2.60. The molecule has 0 spiro atoms. The SMILES string of the molecule is CN(c1ccccc1)c1ccc(NC(=O)c2c(F)cccc2Cl)cn1. The molecule has 1 aromatic heterocycles. The zero-order valence-corrected chi connectivity index (χ0v) is 14.2. The summed E-state index contributed by atoms with van der Waals surface area (Å²) in [7, 11) is 1.90. The van der Waals surface area contributed by atoms with Crippen molar-refractivity contribution in [2.75, 3.05) is 17.3 Å². The Bertz CT molecular complexity index is 865. The minimum atomic E-state index is -0.668. The van der Waals surface area contributed by atoms with Gasteiger partial charge in [0, 0.05) is 12.7 Å². The fraction of sp³-hybridized carbons (Fsp3) is 0.0526. The van der Waals surface area contributed by atoms with Crippen LogP contribution >= 0.6 is 11.6 Å². The molecule has 0 saturated carbocycles. The average Bonchev–Trinajstić information content (AvgIpc) is 2.62. The third kappa shape index (κ3) is 3.78. The monoisotopic (exact) mass is 355 g/mol. The minimum Gasteiger partial charge on any atom is -0.329 e. The van der Waals surface area contributed by atoms with Gasteiger partial charge in [-0.05, 0) is 36.4 Å². The summed E-state index contributed by atoms with van der Waals surface area (Å²) < 4.78 is 13.8. The van der Waals surface area contributed by atoms with E-state index < -0.39 is 11.7 Å². The van der Waals surface area contributed by atoms with Crippen LogP contribution in [-0.4, -0.2) is 17.9 Å². The molecule has 0 radical (unpaired) electrons. The van der Waals surface area contributed by atoms with E-state index in [-0.39, 0.29) is 10.6 Å². The van der Waals surface area contributed by atoms with E-state index in [4.69, 9.17) is 11.6 Å². The highest BCUT2D eigenvalue weighted by molar-refractivity contribution is 6.34. The molecule has 0 unspecified atom stereocenters. The van der Waals surface area contributed by atoms with Crippen LogP contribution in [0.1, 0.15) is 10.4 Å². The first-order valence-electron chi connectivity index (χ1n) is 7.56. The van der Waals surface area contributed by atoms with Crippen LogP contribution in [0.2, 0.25) is 5.02 Å². The molecule has 126 valence electrons. The van der Waals surface area contributed by atoms with Crippen LogP contribution in [0.15, 0.2) is 66.9 Å². The Hall–Kier alpha value is -2.92. The zero-order valence-electron chi connectivity index (χ0n) is 13.4. The summed E-state index contributed by atoms with van der Waals surface area (Å²) in [5, 5.41) is 2.66. The van der Waals surface area contributed by atoms with Crippen LogP contribution in [-0.2, 0) is 0 Å². The van der Waals surface area contributed by atoms with Gasteiger partial charge in [0.15, 0.2) is 0 Å². The maximum absolute atomic E-state index is 13.8. The van der Waals surface area contributed by atoms with E-state index in [0.29, 0.717) is 11.5 Å². The maximum Gasteiger partial charge on any atom is 0.260 e. The quantitative estimate of drug-likeness (QED) is 0.724. The van der Waals surface area contributed by atoms with Crippen molar-refractivity contribution in [3.05, 3.63) is 83.3 Å². The lowest BCUT2D eigenvalue weighted by molar-refractivity contribution is 0.102. The lowest BCUT2D eigenvalue weighted by Crippen LogP contribution is -2.15. The van der Waals surface area contributed by atoms with E-state index in [1.807, 2.05) is 42.3 Å². The number of para-hydroxylation sites is 1. The largest absolute Gasteiger partial charge is 0.329 e. The molecule has 1 heterocycles. The van der Waals surface area contributed by atoms with Crippen LogP contribution in [0.25, 0.3) is 0 Å². The molecule has 3 aromatic rings. The maximum atomic E-state index is 13.8. The molecule has 25 heavy (non-hydrogen) atoms. The summed E-state index contributed by atoms with van der Waals surface area (Å²) in [6.45, 7) is 0. The number of carbonyl (C=O) groups excluding carboxylic acids is 1. The van der Waals surface area contributed by atoms with E-state index in [1.165, 1.54) is 24.4 Å². The van der Waals surface area contributed by atoms with Crippen molar-refractivity contribution in [2.24, 2.45) is 0 Å². The number of carbonyl (C=O) groups is 1. The third-order valence-corrected chi connectivity index (χ3v) is 4.00. The number of nitrogens with one attached hydrogen (secondary N) is 1. The van der Waals surface area contributed by atoms with Gasteiger partial charge < -0.3 is 10.2 Å². The molecule has 1 amide bonds. The van der Waals surface area contributed by atoms with Gasteiger partial charge in [-0.3, -0.25) is 4.79 Å². The molecule has 4 nitrogen and oxygen atoms in total. The number of halogens is 2. The van der Waals surface area contributed by atoms with Crippen molar-refractivity contribution in [3.8, 4) is 0 Å². The normalized spacial score (nSPS) is 10.4. The van der Waals surface area contributed by atoms with E-state index in [1.54, 1.807) is 12.1 Å². The summed E-state index contributed by atoms with van der Waals surface area (Å²) in [5.41, 5.74) is 1.26. The number of anilines is 3. The number of nitrogens with zero attached hydrogens (tertiary/aromatic N) is 2. The molecule has 1 N–H and O–H groups in total. The Kier molecular flexibility index (Phi) is 4.95. The van der Waals surface area contributed by atoms with E-state index in [2.05, 4.69) is 10.3 Å². The molecule has 0 atom stereocenters. The van der Waals surface area contributed by atoms with E-state index in [9.17, 15) is 9.18 Å². The molecule has 0 saturated heterocycles. The standard InChI is InChI=1S/C19H15ClFN3O/c1-24(14-6-3-2-4-7-14)17-11-10-13(12-22-17)23-19(25)18-15(20)8-5-9-16(18)21/h2-12H,1H3,(H,23,25). The van der Waals surface area contributed by atoms with Gasteiger partial charge in [0.2, 0.25) is 0 Å². The number of rotatable bonds is 4. The molecule has 0 aliphatic heterocycles. The van der Waals surface area contributed by atoms with Gasteiger partial charge in [-0.1, -0.05) is 35.9 Å². The first-order valence-corrected chi connectivity index (χ1v) is 7.94. The summed E-state index contributed by atoms with van der Waals surface area (Å²) in [5.74, 6) is -0.569. The summed E-state index contributed by atoms with van der Waals surface area (Å²) in [6.07, 6.45) is 1.52. The Morgan fingerprint density at radius 1 is 1.08 bits per heavy atom. The van der Waals surface area contributed by atoms with Gasteiger partial charge in [0.25, 0.3) is 5.91 Å². The summed E-state index contributed by atoms with van der Waals surface area (Å²) >= 11 is 5.90. The molecule has 0 bridgehead atoms. The molecule has 0 fully saturated rings. The molecule has 3 rings (SSSR count). The van der Waals surface area contributed by atoms with Crippen LogP contribution in [0.4, 0.5) is 21.6 Å². The zero-order chi connectivity index (χ0) is 17.8. The van der Waals surface area contributed by atoms with Crippen LogP contribution in [0, 0.1) is 5.82 Å². The van der Waals surface area contributed by atoms with Crippen LogP contribution < -0.4 is 10.2 Å². The smallest absolute Gasteiger partial charge is 0.260 e. The highest BCUT2D eigenvalue weighted by Crippen LogP contribution is 2.23. The van der Waals surface area contributed by atoms with Crippen LogP contribution in [0.5, 0.6) is 0 Å². The number of aromatic nitrogens is 1. The predicted octanol–water partition coefficient (Wildman–Crippen LogP) is 4.89. The van der Waals surface area contributed by atoms with Crippen molar-refractivity contribution in [1.82, 2.24) is 4.98 Å². The van der Waals surface area contributed by atoms with Crippen molar-refractivity contribution in [1.29, 1.82) is 0 Å². The van der Waals surface area contributed by atoms with Gasteiger partial charge in [-0.2, -0.15) is 0 Å². The van der Waals surface area contributed by atoms with E-state index >= 15 is 0 Å². The highest BCUT2D eigenvalue weighted by atomic mass is 35.5. The van der Waals surface area contributed by atoms with E-state index in [0.717, 1.165) is 5.69 Å². The predicted molar refractivity (Wildman–Crippen MR) is 98.1 cm³/mol. The van der Waals surface area contributed by atoms with Crippen molar-refractivity contribution >= 4 is 34.7 Å². The average molecular weight is 356 g/mol. The van der Waals surface area contributed by atoms with Gasteiger partial charge in [-0.15, -0.1) is 0 Å². The fourth-order valence-electron chi connectivity index (χ4n) is 2.35. The van der Waals surface area contributed by atoms with Crippen molar-refractivity contribution < 1.29 is 9.18 Å². The molecule has 2 aromatic carbocycles. The van der Waals surface area contributed by atoms with Crippen molar-refractivity contribution in [3.63, 3.8) is 0 Å². The lowest BCUT2D eigenvalue weighted by atomic mass is 10.2. The van der Waals surface area contributed by atoms with Gasteiger partial charge in [0.05, 0.1) is 22.5 Å². The van der Waals surface area contributed by atoms with Gasteiger partial charge >= 0.3 is 0 Å². The second-order valence-electron chi connectivity index (χ2n) is 5.35. The van der Waals surface area contributed by atoms with Gasteiger partial charge in [-0.25, -0.2) is 9.37 Å². The number of pyridine rings is 1. The van der Waals surface area contributed by atoms with Gasteiger partial charge in [0.1, 0.15) is 11.6 Å². The topological polar surface area (TPSA) is 45.2 Å². The Morgan fingerprint density at radius 2 is 1.84 bits per heavy atom. The first kappa shape index (κ1) is 16.9. The number of benzene rings is 2. The second kappa shape index (κ2) is 7.32. The third-order valence-electron chi connectivity index (χ3n) is 3.68. The molecule has 6 heteroatoms. The Balaban J connectivity index is 1.76. The molecular formula is C19H15ClFN3O. The Labute approximate surface area is 149 Å². The highest BCUT2D eigenvalue weighted by Gasteiger charge is 2.16. The second-order valence-corrected chi connectivity index (χ2v) is 5.76. The lowest BCUT2D eigenvalue weighted by Gasteiger charge is -2.18. The summed E-state index contributed by atoms with van der Waals surface area (Å²) in [4.78, 5) is 18.5. The molecular weight excluding hydrogens is 341 g/mol. The van der Waals surface area contributed by atoms with Crippen LogP contribution in [0.3, 0.4) is 0 Å². The summed E-state index contributed by atoms with van der Waals surface area (Å²) in [6, 6.07) is 17.3. The number of amides is 1. The first-order chi connectivity index (χ1) is 12.1. The Morgan fingerprint density at radius 3 is 2.48 bits per heavy atom.